The van der Waals surface area contributed by atoms with Crippen molar-refractivity contribution in [1.29, 1.82) is 0 Å². The molecule has 3 rings (SSSR count). The first-order chi connectivity index (χ1) is 11.6. The number of allylic oxidation sites excluding steroid dienone is 1. The first-order valence-electron chi connectivity index (χ1n) is 7.17. The lowest BCUT2D eigenvalue weighted by Crippen LogP contribution is -2.19. The summed E-state index contributed by atoms with van der Waals surface area (Å²) in [7, 11) is 5.96. The number of rotatable bonds is 4. The van der Waals surface area contributed by atoms with Gasteiger partial charge in [-0.3, -0.25) is 9.59 Å². The molecule has 1 aliphatic rings. The van der Waals surface area contributed by atoms with Gasteiger partial charge in [0, 0.05) is 28.0 Å². The van der Waals surface area contributed by atoms with Crippen LogP contribution < -0.4 is 14.2 Å². The number of hydrogen-bond donors (Lipinski definition) is 0. The van der Waals surface area contributed by atoms with Crippen molar-refractivity contribution in [3.05, 3.63) is 35.4 Å². The molecule has 0 spiro atoms. The van der Waals surface area contributed by atoms with Crippen LogP contribution in [0.2, 0.25) is 0 Å². The van der Waals surface area contributed by atoms with Gasteiger partial charge in [-0.05, 0) is 18.2 Å². The minimum absolute atomic E-state index is 0.274. The smallest absolute Gasteiger partial charge is 0.234 e. The lowest BCUT2D eigenvalue weighted by atomic mass is 9.88. The number of carbonyl (C=O) groups is 2. The zero-order chi connectivity index (χ0) is 17.4. The molecule has 6 heteroatoms. The first-order valence-corrected chi connectivity index (χ1v) is 7.17. The molecule has 0 bridgehead atoms. The SMILES string of the molecule is COC1=CC(=O)C(=O)c2c1ccc1c(OC)c(OC)c(OC)cc21. The highest BCUT2D eigenvalue weighted by Gasteiger charge is 2.30. The number of fused-ring (bicyclic) bond motifs is 3. The molecule has 2 aromatic rings. The van der Waals surface area contributed by atoms with E-state index in [0.717, 1.165) is 0 Å². The van der Waals surface area contributed by atoms with Gasteiger partial charge in [0.05, 0.1) is 28.4 Å². The second kappa shape index (κ2) is 5.88. The molecule has 2 aromatic carbocycles. The Bertz CT molecular complexity index is 894. The van der Waals surface area contributed by atoms with Gasteiger partial charge in [-0.15, -0.1) is 0 Å². The Hall–Kier alpha value is -3.02. The van der Waals surface area contributed by atoms with Crippen LogP contribution in [0.25, 0.3) is 16.5 Å². The van der Waals surface area contributed by atoms with Crippen LogP contribution in [-0.2, 0) is 9.53 Å². The normalized spacial score (nSPS) is 13.4. The fourth-order valence-electron chi connectivity index (χ4n) is 2.95. The van der Waals surface area contributed by atoms with Crippen molar-refractivity contribution in [3.8, 4) is 17.2 Å². The van der Waals surface area contributed by atoms with Crippen LogP contribution >= 0.6 is 0 Å². The summed E-state index contributed by atoms with van der Waals surface area (Å²) < 4.78 is 21.4. The molecule has 0 saturated heterocycles. The Morgan fingerprint density at radius 3 is 2.08 bits per heavy atom. The van der Waals surface area contributed by atoms with E-state index in [4.69, 9.17) is 18.9 Å². The number of Topliss-reactive ketones (excluding diaryl/α,β-unsaturated/α-hetero) is 1. The number of ether oxygens (including phenoxy) is 4. The molecule has 0 heterocycles. The Kier molecular flexibility index (Phi) is 3.89. The predicted molar refractivity (Wildman–Crippen MR) is 87.9 cm³/mol. The van der Waals surface area contributed by atoms with Crippen molar-refractivity contribution in [1.82, 2.24) is 0 Å². The summed E-state index contributed by atoms with van der Waals surface area (Å²) >= 11 is 0. The molecule has 1 aliphatic carbocycles. The Labute approximate surface area is 138 Å². The van der Waals surface area contributed by atoms with E-state index in [1.165, 1.54) is 34.5 Å². The molecule has 0 unspecified atom stereocenters. The van der Waals surface area contributed by atoms with E-state index < -0.39 is 11.6 Å². The summed E-state index contributed by atoms with van der Waals surface area (Å²) in [5.41, 5.74) is 0.833. The molecule has 0 atom stereocenters. The molecule has 24 heavy (non-hydrogen) atoms. The number of carbonyl (C=O) groups excluding carboxylic acids is 2. The second-order valence-corrected chi connectivity index (χ2v) is 5.13. The van der Waals surface area contributed by atoms with E-state index in [1.807, 2.05) is 0 Å². The number of benzene rings is 2. The average molecular weight is 328 g/mol. The highest BCUT2D eigenvalue weighted by molar-refractivity contribution is 6.52. The third kappa shape index (κ3) is 2.11. The van der Waals surface area contributed by atoms with Crippen LogP contribution in [0.15, 0.2) is 24.3 Å². The van der Waals surface area contributed by atoms with Gasteiger partial charge >= 0.3 is 0 Å². The van der Waals surface area contributed by atoms with Gasteiger partial charge < -0.3 is 18.9 Å². The largest absolute Gasteiger partial charge is 0.496 e. The van der Waals surface area contributed by atoms with Crippen molar-refractivity contribution in [2.24, 2.45) is 0 Å². The van der Waals surface area contributed by atoms with E-state index in [9.17, 15) is 9.59 Å². The van der Waals surface area contributed by atoms with Crippen LogP contribution in [0.5, 0.6) is 17.2 Å². The molecule has 0 N–H and O–H groups in total. The minimum Gasteiger partial charge on any atom is -0.496 e. The van der Waals surface area contributed by atoms with E-state index in [1.54, 1.807) is 18.2 Å². The third-order valence-corrected chi connectivity index (χ3v) is 4.02. The van der Waals surface area contributed by atoms with Crippen molar-refractivity contribution in [2.75, 3.05) is 28.4 Å². The quantitative estimate of drug-likeness (QED) is 0.804. The highest BCUT2D eigenvalue weighted by atomic mass is 16.5. The Balaban J connectivity index is 2.47. The fraction of sp³-hybridized carbons (Fsp3) is 0.222. The van der Waals surface area contributed by atoms with E-state index >= 15 is 0 Å². The monoisotopic (exact) mass is 328 g/mol. The molecule has 0 saturated carbocycles. The maximum atomic E-state index is 12.5. The molecule has 0 radical (unpaired) electrons. The summed E-state index contributed by atoms with van der Waals surface area (Å²) in [6, 6.07) is 5.19. The van der Waals surface area contributed by atoms with Gasteiger partial charge in [0.1, 0.15) is 5.76 Å². The van der Waals surface area contributed by atoms with Gasteiger partial charge in [0.25, 0.3) is 0 Å². The van der Waals surface area contributed by atoms with Gasteiger partial charge in [0.2, 0.25) is 17.3 Å². The Morgan fingerprint density at radius 2 is 1.50 bits per heavy atom. The van der Waals surface area contributed by atoms with Crippen LogP contribution in [0.3, 0.4) is 0 Å². The summed E-state index contributed by atoms with van der Waals surface area (Å²) in [5, 5.41) is 1.19. The number of methoxy groups -OCH3 is 4. The highest BCUT2D eigenvalue weighted by Crippen LogP contribution is 2.45. The maximum absolute atomic E-state index is 12.5. The summed E-state index contributed by atoms with van der Waals surface area (Å²) in [6.07, 6.45) is 1.20. The second-order valence-electron chi connectivity index (χ2n) is 5.13. The maximum Gasteiger partial charge on any atom is 0.234 e. The fourth-order valence-corrected chi connectivity index (χ4v) is 2.95. The third-order valence-electron chi connectivity index (χ3n) is 4.02. The predicted octanol–water partition coefficient (Wildman–Crippen LogP) is 2.62. The van der Waals surface area contributed by atoms with Gasteiger partial charge in [-0.2, -0.15) is 0 Å². The standard InChI is InChI=1S/C18H16O6/c1-21-13-8-12(19)16(20)15-10(13)6-5-9-11(15)7-14(22-2)18(24-4)17(9)23-3/h5-8H,1-4H3. The molecule has 6 nitrogen and oxygen atoms in total. The van der Waals surface area contributed by atoms with Crippen molar-refractivity contribution in [2.45, 2.75) is 0 Å². The Morgan fingerprint density at radius 1 is 0.792 bits per heavy atom. The summed E-state index contributed by atoms with van der Waals surface area (Å²) in [6.45, 7) is 0. The van der Waals surface area contributed by atoms with Crippen LogP contribution in [0.1, 0.15) is 15.9 Å². The molecule has 124 valence electrons. The zero-order valence-electron chi connectivity index (χ0n) is 13.8. The van der Waals surface area contributed by atoms with Crippen molar-refractivity contribution in [3.63, 3.8) is 0 Å². The molecule has 0 amide bonds. The first kappa shape index (κ1) is 15.9. The van der Waals surface area contributed by atoms with E-state index in [2.05, 4.69) is 0 Å². The van der Waals surface area contributed by atoms with Gasteiger partial charge in [-0.1, -0.05) is 0 Å². The minimum atomic E-state index is -0.624. The van der Waals surface area contributed by atoms with Gasteiger partial charge in [0.15, 0.2) is 11.5 Å². The van der Waals surface area contributed by atoms with Crippen LogP contribution in [0.4, 0.5) is 0 Å². The summed E-state index contributed by atoms with van der Waals surface area (Å²) in [5.74, 6) is 0.397. The molecule has 0 aliphatic heterocycles. The zero-order valence-corrected chi connectivity index (χ0v) is 13.8. The lowest BCUT2D eigenvalue weighted by molar-refractivity contribution is -0.111. The molecule has 0 fully saturated rings. The molecular formula is C18H16O6. The van der Waals surface area contributed by atoms with Crippen molar-refractivity contribution >= 4 is 28.1 Å². The topological polar surface area (TPSA) is 71.1 Å². The number of ketones is 2. The lowest BCUT2D eigenvalue weighted by Gasteiger charge is -2.20. The summed E-state index contributed by atoms with van der Waals surface area (Å²) in [4.78, 5) is 24.5. The van der Waals surface area contributed by atoms with Crippen molar-refractivity contribution < 1.29 is 28.5 Å². The van der Waals surface area contributed by atoms with Gasteiger partial charge in [-0.25, -0.2) is 0 Å². The number of hydrogen-bond acceptors (Lipinski definition) is 6. The van der Waals surface area contributed by atoms with E-state index in [-0.39, 0.29) is 5.56 Å². The molecule has 0 aromatic heterocycles. The average Bonchev–Trinajstić information content (AvgIpc) is 2.61. The molecular weight excluding hydrogens is 312 g/mol. The van der Waals surface area contributed by atoms with Crippen LogP contribution in [0, 0.1) is 0 Å². The van der Waals surface area contributed by atoms with E-state index in [0.29, 0.717) is 39.3 Å². The van der Waals surface area contributed by atoms with Crippen LogP contribution in [-0.4, -0.2) is 40.0 Å².